The van der Waals surface area contributed by atoms with Gasteiger partial charge in [-0.2, -0.15) is 0 Å². The van der Waals surface area contributed by atoms with Gasteiger partial charge in [-0.1, -0.05) is 44.2 Å². The van der Waals surface area contributed by atoms with Crippen LogP contribution < -0.4 is 10.6 Å². The summed E-state index contributed by atoms with van der Waals surface area (Å²) >= 11 is 0. The maximum absolute atomic E-state index is 11.7. The highest BCUT2D eigenvalue weighted by molar-refractivity contribution is 5.73. The average molecular weight is 263 g/mol. The molecular formula is C15H25N3O. The van der Waals surface area contributed by atoms with Crippen LogP contribution in [0.1, 0.15) is 19.4 Å². The first-order valence-corrected chi connectivity index (χ1v) is 6.59. The largest absolute Gasteiger partial charge is 0.338 e. The number of urea groups is 1. The molecular weight excluding hydrogens is 238 g/mol. The Hall–Kier alpha value is -1.55. The normalized spacial score (nSPS) is 11.4. The predicted octanol–water partition coefficient (Wildman–Crippen LogP) is 2.07. The minimum Gasteiger partial charge on any atom is -0.338 e. The van der Waals surface area contributed by atoms with Crippen LogP contribution >= 0.6 is 0 Å². The second-order valence-corrected chi connectivity index (χ2v) is 5.92. The topological polar surface area (TPSA) is 44.4 Å². The number of carbonyl (C=O) groups is 1. The molecule has 2 amide bonds. The molecule has 0 saturated heterocycles. The van der Waals surface area contributed by atoms with Crippen LogP contribution in [0.4, 0.5) is 4.79 Å². The molecule has 0 bridgehead atoms. The maximum Gasteiger partial charge on any atom is 0.315 e. The van der Waals surface area contributed by atoms with E-state index in [0.717, 1.165) is 12.1 Å². The molecule has 0 saturated carbocycles. The zero-order valence-corrected chi connectivity index (χ0v) is 12.4. The fraction of sp³-hybridized carbons (Fsp3) is 0.533. The quantitative estimate of drug-likeness (QED) is 0.825. The molecule has 0 aliphatic heterocycles. The number of nitrogens with zero attached hydrogens (tertiary/aromatic N) is 1. The van der Waals surface area contributed by atoms with Gasteiger partial charge < -0.3 is 15.5 Å². The van der Waals surface area contributed by atoms with Gasteiger partial charge in [0.1, 0.15) is 0 Å². The minimum atomic E-state index is -0.115. The van der Waals surface area contributed by atoms with E-state index in [2.05, 4.69) is 29.4 Å². The van der Waals surface area contributed by atoms with Gasteiger partial charge in [0.2, 0.25) is 0 Å². The lowest BCUT2D eigenvalue weighted by Crippen LogP contribution is -2.43. The van der Waals surface area contributed by atoms with E-state index in [0.29, 0.717) is 13.1 Å². The summed E-state index contributed by atoms with van der Waals surface area (Å²) < 4.78 is 0. The second kappa shape index (κ2) is 7.14. The summed E-state index contributed by atoms with van der Waals surface area (Å²) in [6, 6.07) is 9.78. The Morgan fingerprint density at radius 2 is 1.79 bits per heavy atom. The number of rotatable bonds is 6. The van der Waals surface area contributed by atoms with Crippen LogP contribution in [0.15, 0.2) is 30.3 Å². The first-order chi connectivity index (χ1) is 8.89. The molecule has 106 valence electrons. The molecule has 4 heteroatoms. The number of hydrogen-bond donors (Lipinski definition) is 2. The summed E-state index contributed by atoms with van der Waals surface area (Å²) in [5, 5.41) is 5.78. The second-order valence-electron chi connectivity index (χ2n) is 5.92. The Morgan fingerprint density at radius 1 is 1.16 bits per heavy atom. The fourth-order valence-electron chi connectivity index (χ4n) is 2.07. The van der Waals surface area contributed by atoms with Crippen molar-refractivity contribution < 1.29 is 4.79 Å². The van der Waals surface area contributed by atoms with Gasteiger partial charge in [-0.05, 0) is 25.1 Å². The third-order valence-electron chi connectivity index (χ3n) is 2.77. The molecule has 0 radical (unpaired) electrons. The Bertz CT molecular complexity index is 388. The number of carbonyl (C=O) groups excluding carboxylic acids is 1. The van der Waals surface area contributed by atoms with Crippen LogP contribution in [0.3, 0.4) is 0 Å². The molecule has 0 spiro atoms. The predicted molar refractivity (Wildman–Crippen MR) is 79.0 cm³/mol. The van der Waals surface area contributed by atoms with E-state index in [4.69, 9.17) is 0 Å². The fourth-order valence-corrected chi connectivity index (χ4v) is 2.07. The van der Waals surface area contributed by atoms with Crippen molar-refractivity contribution in [1.29, 1.82) is 0 Å². The van der Waals surface area contributed by atoms with Crippen molar-refractivity contribution in [3.63, 3.8) is 0 Å². The number of nitrogens with one attached hydrogen (secondary N) is 2. The zero-order valence-electron chi connectivity index (χ0n) is 12.4. The molecule has 1 aromatic carbocycles. The highest BCUT2D eigenvalue weighted by Crippen LogP contribution is 2.13. The average Bonchev–Trinajstić information content (AvgIpc) is 2.34. The van der Waals surface area contributed by atoms with Gasteiger partial charge in [-0.25, -0.2) is 4.79 Å². The van der Waals surface area contributed by atoms with Gasteiger partial charge in [0.25, 0.3) is 0 Å². The van der Waals surface area contributed by atoms with Crippen LogP contribution in [-0.2, 0) is 6.54 Å². The third kappa shape index (κ3) is 6.82. The molecule has 0 aliphatic carbocycles. The van der Waals surface area contributed by atoms with Crippen molar-refractivity contribution in [3.05, 3.63) is 35.9 Å². The van der Waals surface area contributed by atoms with Crippen molar-refractivity contribution in [3.8, 4) is 0 Å². The number of hydrogen-bond acceptors (Lipinski definition) is 2. The summed E-state index contributed by atoms with van der Waals surface area (Å²) in [5.74, 6) is 0. The maximum atomic E-state index is 11.7. The van der Waals surface area contributed by atoms with Gasteiger partial charge >= 0.3 is 6.03 Å². The molecule has 0 heterocycles. The molecule has 0 fully saturated rings. The van der Waals surface area contributed by atoms with Crippen molar-refractivity contribution >= 4 is 6.03 Å². The summed E-state index contributed by atoms with van der Waals surface area (Å²) in [5.41, 5.74) is 1.17. The molecule has 0 aliphatic rings. The minimum absolute atomic E-state index is 0.0631. The van der Waals surface area contributed by atoms with E-state index in [1.165, 1.54) is 0 Å². The van der Waals surface area contributed by atoms with E-state index >= 15 is 0 Å². The van der Waals surface area contributed by atoms with E-state index < -0.39 is 0 Å². The van der Waals surface area contributed by atoms with Crippen molar-refractivity contribution in [2.45, 2.75) is 20.4 Å². The van der Waals surface area contributed by atoms with E-state index in [-0.39, 0.29) is 11.4 Å². The van der Waals surface area contributed by atoms with Crippen molar-refractivity contribution in [1.82, 2.24) is 15.5 Å². The molecule has 0 aromatic heterocycles. The first kappa shape index (κ1) is 15.5. The molecule has 1 rings (SSSR count). The van der Waals surface area contributed by atoms with Gasteiger partial charge in [0.05, 0.1) is 0 Å². The Morgan fingerprint density at radius 3 is 2.37 bits per heavy atom. The Labute approximate surface area is 116 Å². The van der Waals surface area contributed by atoms with Crippen LogP contribution in [0.5, 0.6) is 0 Å². The lowest BCUT2D eigenvalue weighted by molar-refractivity contribution is 0.215. The smallest absolute Gasteiger partial charge is 0.315 e. The third-order valence-corrected chi connectivity index (χ3v) is 2.77. The first-order valence-electron chi connectivity index (χ1n) is 6.59. The molecule has 1 aromatic rings. The van der Waals surface area contributed by atoms with Gasteiger partial charge in [0, 0.05) is 19.6 Å². The lowest BCUT2D eigenvalue weighted by Gasteiger charge is -2.28. The Balaban J connectivity index is 2.28. The highest BCUT2D eigenvalue weighted by Gasteiger charge is 2.19. The van der Waals surface area contributed by atoms with Crippen LogP contribution in [0.2, 0.25) is 0 Å². The summed E-state index contributed by atoms with van der Waals surface area (Å²) in [4.78, 5) is 13.8. The molecule has 0 atom stereocenters. The van der Waals surface area contributed by atoms with E-state index in [9.17, 15) is 4.79 Å². The van der Waals surface area contributed by atoms with Crippen LogP contribution in [0.25, 0.3) is 0 Å². The standard InChI is InChI=1S/C15H25N3O/c1-15(2,12-18(3)4)11-17-14(19)16-10-13-8-6-5-7-9-13/h5-9H,10-12H2,1-4H3,(H2,16,17,19). The van der Waals surface area contributed by atoms with Gasteiger partial charge in [-0.3, -0.25) is 0 Å². The van der Waals surface area contributed by atoms with Crippen LogP contribution in [-0.4, -0.2) is 38.1 Å². The SMILES string of the molecule is CN(C)CC(C)(C)CNC(=O)NCc1ccccc1. The molecule has 0 unspecified atom stereocenters. The van der Waals surface area contributed by atoms with E-state index in [1.54, 1.807) is 0 Å². The highest BCUT2D eigenvalue weighted by atomic mass is 16.2. The summed E-state index contributed by atoms with van der Waals surface area (Å²) in [7, 11) is 4.08. The molecule has 2 N–H and O–H groups in total. The monoisotopic (exact) mass is 263 g/mol. The molecule has 4 nitrogen and oxygen atoms in total. The zero-order chi connectivity index (χ0) is 14.3. The summed E-state index contributed by atoms with van der Waals surface area (Å²) in [6.45, 7) is 6.44. The van der Waals surface area contributed by atoms with Crippen molar-refractivity contribution in [2.24, 2.45) is 5.41 Å². The van der Waals surface area contributed by atoms with Gasteiger partial charge in [-0.15, -0.1) is 0 Å². The number of benzene rings is 1. The van der Waals surface area contributed by atoms with E-state index in [1.807, 2.05) is 44.4 Å². The van der Waals surface area contributed by atoms with Crippen LogP contribution in [0, 0.1) is 5.41 Å². The number of amides is 2. The summed E-state index contributed by atoms with van der Waals surface area (Å²) in [6.07, 6.45) is 0. The van der Waals surface area contributed by atoms with Crippen molar-refractivity contribution in [2.75, 3.05) is 27.2 Å². The Kier molecular flexibility index (Phi) is 5.83. The molecule has 19 heavy (non-hydrogen) atoms. The van der Waals surface area contributed by atoms with Gasteiger partial charge in [0.15, 0.2) is 0 Å². The lowest BCUT2D eigenvalue weighted by atomic mass is 9.93.